The Bertz CT molecular complexity index is 290. The van der Waals surface area contributed by atoms with Crippen LogP contribution in [0, 0.1) is 0 Å². The van der Waals surface area contributed by atoms with Crippen LogP contribution in [0.2, 0.25) is 0 Å². The summed E-state index contributed by atoms with van der Waals surface area (Å²) in [4.78, 5) is 0. The summed E-state index contributed by atoms with van der Waals surface area (Å²) < 4.78 is 0. The highest BCUT2D eigenvalue weighted by molar-refractivity contribution is 7.62. The van der Waals surface area contributed by atoms with Crippen molar-refractivity contribution in [2.45, 2.75) is 39.0 Å². The van der Waals surface area contributed by atoms with Crippen LogP contribution in [0.5, 0.6) is 0 Å². The van der Waals surface area contributed by atoms with Crippen LogP contribution >= 0.6 is 7.92 Å². The van der Waals surface area contributed by atoms with E-state index in [4.69, 9.17) is 0 Å². The summed E-state index contributed by atoms with van der Waals surface area (Å²) >= 11 is 0. The van der Waals surface area contributed by atoms with Crippen molar-refractivity contribution in [3.05, 3.63) is 41.7 Å². The van der Waals surface area contributed by atoms with Gasteiger partial charge in [-0.1, -0.05) is 77.8 Å². The third kappa shape index (κ3) is 4.18. The molecule has 0 amide bonds. The van der Waals surface area contributed by atoms with Crippen molar-refractivity contribution in [2.75, 3.05) is 0 Å². The Morgan fingerprint density at radius 1 is 0.933 bits per heavy atom. The summed E-state index contributed by atoms with van der Waals surface area (Å²) in [5.41, 5.74) is 2.87. The van der Waals surface area contributed by atoms with E-state index in [-0.39, 0.29) is 7.92 Å². The van der Waals surface area contributed by atoms with Crippen LogP contribution in [-0.4, -0.2) is 11.3 Å². The fraction of sp³-hybridized carbons (Fsp3) is 0.429. The smallest absolute Gasteiger partial charge is 0.0229 e. The molecule has 0 aliphatic rings. The topological polar surface area (TPSA) is 0 Å². The van der Waals surface area contributed by atoms with Gasteiger partial charge in [0.2, 0.25) is 0 Å². The van der Waals surface area contributed by atoms with Gasteiger partial charge in [0.1, 0.15) is 0 Å². The number of hydrogen-bond donors (Lipinski definition) is 0. The van der Waals surface area contributed by atoms with Gasteiger partial charge in [0, 0.05) is 0 Å². The van der Waals surface area contributed by atoms with Crippen LogP contribution < -0.4 is 0 Å². The summed E-state index contributed by atoms with van der Waals surface area (Å²) in [7, 11) is 0.0171. The van der Waals surface area contributed by atoms with E-state index in [1.807, 2.05) is 0 Å². The van der Waals surface area contributed by atoms with E-state index in [0.29, 0.717) is 0 Å². The maximum atomic E-state index is 2.42. The Kier molecular flexibility index (Phi) is 5.05. The molecule has 0 spiro atoms. The number of benzene rings is 1. The van der Waals surface area contributed by atoms with Gasteiger partial charge >= 0.3 is 0 Å². The predicted molar refractivity (Wildman–Crippen MR) is 72.7 cm³/mol. The lowest BCUT2D eigenvalue weighted by Crippen LogP contribution is -2.00. The maximum absolute atomic E-state index is 2.42. The monoisotopic (exact) mass is 220 g/mol. The van der Waals surface area contributed by atoms with Crippen molar-refractivity contribution in [3.63, 3.8) is 0 Å². The average molecular weight is 220 g/mol. The largest absolute Gasteiger partial charge is 0.0780 e. The molecule has 1 aromatic rings. The molecule has 0 nitrogen and oxygen atoms in total. The molecule has 1 rings (SSSR count). The first-order chi connectivity index (χ1) is 7.11. The third-order valence-electron chi connectivity index (χ3n) is 2.43. The molecule has 0 aromatic heterocycles. The van der Waals surface area contributed by atoms with Crippen LogP contribution in [0.3, 0.4) is 0 Å². The van der Waals surface area contributed by atoms with Crippen LogP contribution in [0.15, 0.2) is 36.1 Å². The van der Waals surface area contributed by atoms with Crippen LogP contribution in [0.1, 0.15) is 33.3 Å². The fourth-order valence-electron chi connectivity index (χ4n) is 1.68. The molecule has 0 saturated carbocycles. The van der Waals surface area contributed by atoms with Crippen LogP contribution in [0.4, 0.5) is 0 Å². The number of rotatable bonds is 4. The highest BCUT2D eigenvalue weighted by atomic mass is 31.1. The summed E-state index contributed by atoms with van der Waals surface area (Å²) in [6.07, 6.45) is 2.27. The lowest BCUT2D eigenvalue weighted by Gasteiger charge is -2.21. The molecular formula is C14H21P. The van der Waals surface area contributed by atoms with E-state index in [1.54, 1.807) is 0 Å². The van der Waals surface area contributed by atoms with Crippen molar-refractivity contribution < 1.29 is 0 Å². The molecule has 15 heavy (non-hydrogen) atoms. The van der Waals surface area contributed by atoms with E-state index in [9.17, 15) is 0 Å². The molecule has 0 aliphatic carbocycles. The zero-order chi connectivity index (χ0) is 11.3. The molecule has 0 heterocycles. The Morgan fingerprint density at radius 2 is 1.47 bits per heavy atom. The Morgan fingerprint density at radius 3 is 1.93 bits per heavy atom. The lowest BCUT2D eigenvalue weighted by atomic mass is 10.2. The number of hydrogen-bond acceptors (Lipinski definition) is 0. The second-order valence-corrected chi connectivity index (χ2v) is 7.62. The second-order valence-electron chi connectivity index (χ2n) is 4.36. The first-order valence-electron chi connectivity index (χ1n) is 5.62. The Balaban J connectivity index is 2.70. The van der Waals surface area contributed by atoms with Crippen LogP contribution in [-0.2, 0) is 0 Å². The Labute approximate surface area is 95.2 Å². The van der Waals surface area contributed by atoms with Crippen molar-refractivity contribution in [3.8, 4) is 0 Å². The Hall–Kier alpha value is -0.610. The standard InChI is InChI=1S/C14H21P/c1-12(2)15(13(3)4)11-10-14-8-6-5-7-9-14/h5-13H,1-4H3/b11-10+. The van der Waals surface area contributed by atoms with E-state index in [1.165, 1.54) is 5.56 Å². The van der Waals surface area contributed by atoms with Gasteiger partial charge in [-0.25, -0.2) is 0 Å². The van der Waals surface area contributed by atoms with E-state index >= 15 is 0 Å². The van der Waals surface area contributed by atoms with Gasteiger partial charge in [-0.15, -0.1) is 0 Å². The highest BCUT2D eigenvalue weighted by Gasteiger charge is 2.12. The van der Waals surface area contributed by atoms with Gasteiger partial charge in [-0.3, -0.25) is 0 Å². The van der Waals surface area contributed by atoms with Gasteiger partial charge in [0.25, 0.3) is 0 Å². The lowest BCUT2D eigenvalue weighted by molar-refractivity contribution is 1.02. The van der Waals surface area contributed by atoms with Crippen LogP contribution in [0.25, 0.3) is 6.08 Å². The maximum Gasteiger partial charge on any atom is -0.0229 e. The molecule has 0 atom stereocenters. The molecule has 0 radical (unpaired) electrons. The SMILES string of the molecule is CC(C)P(/C=C/c1ccccc1)C(C)C. The quantitative estimate of drug-likeness (QED) is 0.629. The molecule has 82 valence electrons. The van der Waals surface area contributed by atoms with E-state index in [2.05, 4.69) is 69.9 Å². The van der Waals surface area contributed by atoms with Crippen molar-refractivity contribution in [2.24, 2.45) is 0 Å². The minimum atomic E-state index is 0.0171. The molecule has 0 N–H and O–H groups in total. The summed E-state index contributed by atoms with van der Waals surface area (Å²) in [6, 6.07) is 10.6. The van der Waals surface area contributed by atoms with E-state index < -0.39 is 0 Å². The minimum absolute atomic E-state index is 0.0171. The fourth-order valence-corrected chi connectivity index (χ4v) is 3.90. The van der Waals surface area contributed by atoms with Gasteiger partial charge in [0.05, 0.1) is 0 Å². The van der Waals surface area contributed by atoms with Gasteiger partial charge in [-0.2, -0.15) is 0 Å². The third-order valence-corrected chi connectivity index (χ3v) is 5.31. The first kappa shape index (κ1) is 12.5. The zero-order valence-electron chi connectivity index (χ0n) is 10.1. The van der Waals surface area contributed by atoms with Crippen molar-refractivity contribution >= 4 is 14.0 Å². The second kappa shape index (κ2) is 6.08. The molecular weight excluding hydrogens is 199 g/mol. The zero-order valence-corrected chi connectivity index (χ0v) is 11.0. The average Bonchev–Trinajstić information content (AvgIpc) is 2.18. The highest BCUT2D eigenvalue weighted by Crippen LogP contribution is 2.47. The van der Waals surface area contributed by atoms with Crippen molar-refractivity contribution in [1.82, 2.24) is 0 Å². The molecule has 1 aromatic carbocycles. The molecule has 0 aliphatic heterocycles. The minimum Gasteiger partial charge on any atom is -0.0780 e. The normalized spacial score (nSPS) is 12.2. The molecule has 0 unspecified atom stereocenters. The molecule has 0 saturated heterocycles. The summed E-state index contributed by atoms with van der Waals surface area (Å²) in [5, 5.41) is 0. The van der Waals surface area contributed by atoms with Gasteiger partial charge in [-0.05, 0) is 16.9 Å². The molecule has 0 fully saturated rings. The molecule has 1 heteroatoms. The van der Waals surface area contributed by atoms with Gasteiger partial charge < -0.3 is 0 Å². The van der Waals surface area contributed by atoms with Gasteiger partial charge in [0.15, 0.2) is 0 Å². The molecule has 0 bridgehead atoms. The predicted octanol–water partition coefficient (Wildman–Crippen LogP) is 4.96. The summed E-state index contributed by atoms with van der Waals surface area (Å²) in [6.45, 7) is 9.28. The first-order valence-corrected chi connectivity index (χ1v) is 7.17. The van der Waals surface area contributed by atoms with E-state index in [0.717, 1.165) is 11.3 Å². The van der Waals surface area contributed by atoms with Crippen molar-refractivity contribution in [1.29, 1.82) is 0 Å². The summed E-state index contributed by atoms with van der Waals surface area (Å²) in [5.74, 6) is 2.42.